The average molecular weight is 343 g/mol. The zero-order valence-electron chi connectivity index (χ0n) is 11.0. The lowest BCUT2D eigenvalue weighted by atomic mass is 10.2. The van der Waals surface area contributed by atoms with Crippen molar-refractivity contribution >= 4 is 33.4 Å². The maximum atomic E-state index is 13.5. The lowest BCUT2D eigenvalue weighted by Crippen LogP contribution is -2.37. The minimum atomic E-state index is -0.497. The fraction of sp³-hybridized carbons (Fsp3) is 0.429. The van der Waals surface area contributed by atoms with Crippen LogP contribution in [0.1, 0.15) is 25.7 Å². The number of nitrogens with one attached hydrogen (secondary N) is 1. The molecule has 1 saturated heterocycles. The van der Waals surface area contributed by atoms with E-state index in [1.165, 1.54) is 17.0 Å². The van der Waals surface area contributed by atoms with Gasteiger partial charge in [-0.3, -0.25) is 9.59 Å². The third-order valence-corrected chi connectivity index (χ3v) is 3.70. The number of hydrogen-bond donors (Lipinski definition) is 1. The van der Waals surface area contributed by atoms with Crippen molar-refractivity contribution in [3.63, 3.8) is 0 Å². The van der Waals surface area contributed by atoms with Gasteiger partial charge in [0.1, 0.15) is 5.82 Å². The number of carbonyl (C=O) groups excluding carboxylic acids is 2. The summed E-state index contributed by atoms with van der Waals surface area (Å²) in [5.74, 6) is -0.881. The van der Waals surface area contributed by atoms with Crippen molar-refractivity contribution < 1.29 is 14.0 Å². The van der Waals surface area contributed by atoms with Crippen molar-refractivity contribution in [3.05, 3.63) is 28.5 Å². The second-order valence-electron chi connectivity index (χ2n) is 4.80. The first-order valence-electron chi connectivity index (χ1n) is 6.59. The van der Waals surface area contributed by atoms with Crippen molar-refractivity contribution in [2.75, 3.05) is 18.4 Å². The smallest absolute Gasteiger partial charge is 0.244 e. The van der Waals surface area contributed by atoms with Crippen LogP contribution in [-0.4, -0.2) is 29.8 Å². The van der Waals surface area contributed by atoms with Gasteiger partial charge < -0.3 is 10.2 Å². The molecule has 0 aliphatic carbocycles. The number of likely N-dealkylation sites (tertiary alicyclic amines) is 1. The van der Waals surface area contributed by atoms with Crippen LogP contribution in [-0.2, 0) is 9.59 Å². The molecule has 0 spiro atoms. The third kappa shape index (κ3) is 4.03. The molecule has 0 unspecified atom stereocenters. The predicted octanol–water partition coefficient (Wildman–Crippen LogP) is 2.93. The van der Waals surface area contributed by atoms with Gasteiger partial charge in [-0.2, -0.15) is 0 Å². The Morgan fingerprint density at radius 3 is 2.95 bits per heavy atom. The van der Waals surface area contributed by atoms with Crippen LogP contribution < -0.4 is 5.32 Å². The van der Waals surface area contributed by atoms with E-state index in [1.54, 1.807) is 6.07 Å². The SMILES string of the molecule is O=C(CN1CCCCCC1=O)Nc1cc(Br)ccc1F. The molecule has 1 aromatic rings. The number of hydrogen-bond acceptors (Lipinski definition) is 2. The molecule has 0 aromatic heterocycles. The second kappa shape index (κ2) is 6.83. The van der Waals surface area contributed by atoms with Crippen LogP contribution in [0.5, 0.6) is 0 Å². The average Bonchev–Trinajstić information content (AvgIpc) is 2.59. The van der Waals surface area contributed by atoms with Crippen molar-refractivity contribution in [2.24, 2.45) is 0 Å². The number of halogens is 2. The van der Waals surface area contributed by atoms with Gasteiger partial charge in [-0.15, -0.1) is 0 Å². The highest BCUT2D eigenvalue weighted by atomic mass is 79.9. The molecule has 108 valence electrons. The van der Waals surface area contributed by atoms with Gasteiger partial charge in [-0.05, 0) is 31.0 Å². The zero-order valence-corrected chi connectivity index (χ0v) is 12.6. The van der Waals surface area contributed by atoms with Crippen LogP contribution in [0.2, 0.25) is 0 Å². The van der Waals surface area contributed by atoms with E-state index in [0.29, 0.717) is 17.4 Å². The maximum absolute atomic E-state index is 13.5. The topological polar surface area (TPSA) is 49.4 Å². The normalized spacial score (nSPS) is 15.9. The summed E-state index contributed by atoms with van der Waals surface area (Å²) in [7, 11) is 0. The Labute approximate surface area is 125 Å². The van der Waals surface area contributed by atoms with E-state index in [4.69, 9.17) is 0 Å². The number of anilines is 1. The molecule has 1 heterocycles. The minimum absolute atomic E-state index is 0.00707. The predicted molar refractivity (Wildman–Crippen MR) is 77.8 cm³/mol. The minimum Gasteiger partial charge on any atom is -0.333 e. The van der Waals surface area contributed by atoms with Crippen LogP contribution in [0.15, 0.2) is 22.7 Å². The van der Waals surface area contributed by atoms with Crippen LogP contribution in [0.3, 0.4) is 0 Å². The molecule has 1 aliphatic heterocycles. The van der Waals surface area contributed by atoms with Gasteiger partial charge in [-0.1, -0.05) is 22.4 Å². The molecule has 20 heavy (non-hydrogen) atoms. The van der Waals surface area contributed by atoms with Gasteiger partial charge in [0.2, 0.25) is 11.8 Å². The van der Waals surface area contributed by atoms with E-state index in [-0.39, 0.29) is 24.0 Å². The quantitative estimate of drug-likeness (QED) is 0.917. The van der Waals surface area contributed by atoms with Gasteiger partial charge in [0.25, 0.3) is 0 Å². The van der Waals surface area contributed by atoms with Crippen molar-refractivity contribution in [1.82, 2.24) is 4.90 Å². The van der Waals surface area contributed by atoms with Gasteiger partial charge in [0, 0.05) is 17.4 Å². The molecule has 0 saturated carbocycles. The van der Waals surface area contributed by atoms with Crippen LogP contribution >= 0.6 is 15.9 Å². The molecule has 1 fully saturated rings. The Balaban J connectivity index is 1.97. The van der Waals surface area contributed by atoms with Gasteiger partial charge >= 0.3 is 0 Å². The van der Waals surface area contributed by atoms with E-state index in [0.717, 1.165) is 19.3 Å². The molecular weight excluding hydrogens is 327 g/mol. The summed E-state index contributed by atoms with van der Waals surface area (Å²) in [6.45, 7) is 0.567. The van der Waals surface area contributed by atoms with E-state index >= 15 is 0 Å². The first-order chi connectivity index (χ1) is 9.56. The molecule has 4 nitrogen and oxygen atoms in total. The van der Waals surface area contributed by atoms with Crippen LogP contribution in [0.25, 0.3) is 0 Å². The fourth-order valence-electron chi connectivity index (χ4n) is 2.16. The largest absolute Gasteiger partial charge is 0.333 e. The van der Waals surface area contributed by atoms with Crippen molar-refractivity contribution in [3.8, 4) is 0 Å². The molecule has 0 radical (unpaired) electrons. The molecule has 1 aromatic carbocycles. The third-order valence-electron chi connectivity index (χ3n) is 3.21. The zero-order chi connectivity index (χ0) is 14.5. The Morgan fingerprint density at radius 2 is 2.15 bits per heavy atom. The van der Waals surface area contributed by atoms with Crippen molar-refractivity contribution in [1.29, 1.82) is 0 Å². The molecule has 1 N–H and O–H groups in total. The van der Waals surface area contributed by atoms with Crippen LogP contribution in [0, 0.1) is 5.82 Å². The van der Waals surface area contributed by atoms with E-state index < -0.39 is 5.82 Å². The van der Waals surface area contributed by atoms with Crippen molar-refractivity contribution in [2.45, 2.75) is 25.7 Å². The second-order valence-corrected chi connectivity index (χ2v) is 5.71. The number of benzene rings is 1. The Morgan fingerprint density at radius 1 is 1.35 bits per heavy atom. The summed E-state index contributed by atoms with van der Waals surface area (Å²) in [5, 5.41) is 2.50. The monoisotopic (exact) mass is 342 g/mol. The first-order valence-corrected chi connectivity index (χ1v) is 7.38. The van der Waals surface area contributed by atoms with E-state index in [2.05, 4.69) is 21.2 Å². The molecule has 2 rings (SSSR count). The Hall–Kier alpha value is -1.43. The standard InChI is InChI=1S/C14H16BrFN2O2/c15-10-5-6-11(16)12(8-10)17-13(19)9-18-7-3-1-2-4-14(18)20/h5-6,8H,1-4,7,9H2,(H,17,19). The molecule has 6 heteroatoms. The summed E-state index contributed by atoms with van der Waals surface area (Å²) in [6.07, 6.45) is 3.27. The maximum Gasteiger partial charge on any atom is 0.244 e. The lowest BCUT2D eigenvalue weighted by molar-refractivity contribution is -0.134. The Bertz CT molecular complexity index is 522. The highest BCUT2D eigenvalue weighted by Gasteiger charge is 2.19. The number of rotatable bonds is 3. The van der Waals surface area contributed by atoms with Gasteiger partial charge in [-0.25, -0.2) is 4.39 Å². The number of nitrogens with zero attached hydrogens (tertiary/aromatic N) is 1. The number of amides is 2. The van der Waals surface area contributed by atoms with Crippen LogP contribution in [0.4, 0.5) is 10.1 Å². The summed E-state index contributed by atoms with van der Waals surface area (Å²) in [6, 6.07) is 4.33. The number of carbonyl (C=O) groups is 2. The highest BCUT2D eigenvalue weighted by molar-refractivity contribution is 9.10. The molecule has 0 bridgehead atoms. The molecular formula is C14H16BrFN2O2. The van der Waals surface area contributed by atoms with E-state index in [9.17, 15) is 14.0 Å². The summed E-state index contributed by atoms with van der Waals surface area (Å²) < 4.78 is 14.2. The molecule has 0 atom stereocenters. The summed E-state index contributed by atoms with van der Waals surface area (Å²) >= 11 is 3.22. The van der Waals surface area contributed by atoms with E-state index in [1.807, 2.05) is 0 Å². The van der Waals surface area contributed by atoms with Gasteiger partial charge in [0.15, 0.2) is 0 Å². The molecule has 1 aliphatic rings. The van der Waals surface area contributed by atoms with Gasteiger partial charge in [0.05, 0.1) is 12.2 Å². The molecule has 2 amide bonds. The Kier molecular flexibility index (Phi) is 5.11. The fourth-order valence-corrected chi connectivity index (χ4v) is 2.52. The highest BCUT2D eigenvalue weighted by Crippen LogP contribution is 2.20. The summed E-state index contributed by atoms with van der Waals surface area (Å²) in [5.41, 5.74) is 0.117. The lowest BCUT2D eigenvalue weighted by Gasteiger charge is -2.19. The summed E-state index contributed by atoms with van der Waals surface area (Å²) in [4.78, 5) is 25.2. The first kappa shape index (κ1) is 15.0.